The van der Waals surface area contributed by atoms with E-state index in [1.165, 1.54) is 6.20 Å². The molecule has 111 valence electrons. The predicted molar refractivity (Wildman–Crippen MR) is 74.0 cm³/mol. The van der Waals surface area contributed by atoms with E-state index >= 15 is 0 Å². The van der Waals surface area contributed by atoms with Crippen LogP contribution in [0.25, 0.3) is 0 Å². The quantitative estimate of drug-likeness (QED) is 0.660. The molecule has 0 amide bonds. The van der Waals surface area contributed by atoms with Gasteiger partial charge in [-0.05, 0) is 40.5 Å². The second-order valence-electron chi connectivity index (χ2n) is 7.19. The molecule has 0 aliphatic carbocycles. The van der Waals surface area contributed by atoms with Gasteiger partial charge in [0.2, 0.25) is 0 Å². The molecule has 1 saturated heterocycles. The van der Waals surface area contributed by atoms with Crippen LogP contribution >= 0.6 is 0 Å². The Labute approximate surface area is 120 Å². The Balaban J connectivity index is 2.29. The summed E-state index contributed by atoms with van der Waals surface area (Å²) in [5.41, 5.74) is -1.82. The van der Waals surface area contributed by atoms with Crippen molar-refractivity contribution >= 4 is 0 Å². The van der Waals surface area contributed by atoms with Crippen LogP contribution in [0.1, 0.15) is 46.2 Å². The zero-order valence-electron chi connectivity index (χ0n) is 12.6. The molecule has 1 aliphatic rings. The van der Waals surface area contributed by atoms with Crippen molar-refractivity contribution in [2.75, 3.05) is 0 Å². The molecule has 2 heterocycles. The highest BCUT2D eigenvalue weighted by Gasteiger charge is 2.53. The average Bonchev–Trinajstić information content (AvgIpc) is 2.28. The average molecular weight is 279 g/mol. The van der Waals surface area contributed by atoms with Crippen molar-refractivity contribution in [1.82, 2.24) is 5.06 Å². The van der Waals surface area contributed by atoms with Crippen LogP contribution in [0, 0.1) is 5.21 Å². The van der Waals surface area contributed by atoms with E-state index in [0.717, 1.165) is 9.79 Å². The van der Waals surface area contributed by atoms with Gasteiger partial charge < -0.3 is 10.3 Å². The Morgan fingerprint density at radius 2 is 1.80 bits per heavy atom. The van der Waals surface area contributed by atoms with Crippen molar-refractivity contribution in [2.24, 2.45) is 0 Å². The fraction of sp³-hybridized carbons (Fsp3) is 0.667. The minimum Gasteiger partial charge on any atom is -0.619 e. The van der Waals surface area contributed by atoms with Crippen LogP contribution in [-0.2, 0) is 11.6 Å². The lowest BCUT2D eigenvalue weighted by Gasteiger charge is -2.53. The largest absolute Gasteiger partial charge is 0.619 e. The van der Waals surface area contributed by atoms with Gasteiger partial charge in [0.05, 0.1) is 12.0 Å². The first-order valence-corrected chi connectivity index (χ1v) is 6.93. The van der Waals surface area contributed by atoms with E-state index < -0.39 is 16.7 Å². The second-order valence-corrected chi connectivity index (χ2v) is 7.19. The first-order valence-electron chi connectivity index (χ1n) is 6.93. The molecule has 1 aromatic rings. The van der Waals surface area contributed by atoms with E-state index in [4.69, 9.17) is 0 Å². The van der Waals surface area contributed by atoms with Crippen LogP contribution in [0.2, 0.25) is 0 Å². The van der Waals surface area contributed by atoms with Crippen molar-refractivity contribution in [2.45, 2.75) is 63.6 Å². The van der Waals surface area contributed by atoms with Gasteiger partial charge in [-0.2, -0.15) is 4.73 Å². The van der Waals surface area contributed by atoms with E-state index in [-0.39, 0.29) is 6.42 Å². The van der Waals surface area contributed by atoms with Gasteiger partial charge in [0, 0.05) is 23.2 Å². The zero-order chi connectivity index (χ0) is 15.2. The maximum atomic E-state index is 12.3. The molecule has 1 fully saturated rings. The lowest BCUT2D eigenvalue weighted by atomic mass is 9.70. The monoisotopic (exact) mass is 279 g/mol. The van der Waals surface area contributed by atoms with Gasteiger partial charge in [-0.1, -0.05) is 6.07 Å². The van der Waals surface area contributed by atoms with E-state index in [0.29, 0.717) is 18.5 Å². The van der Waals surface area contributed by atoms with Crippen molar-refractivity contribution in [3.8, 4) is 0 Å². The highest BCUT2D eigenvalue weighted by Crippen LogP contribution is 2.43. The van der Waals surface area contributed by atoms with Crippen molar-refractivity contribution in [3.63, 3.8) is 0 Å². The normalized spacial score (nSPS) is 24.5. The smallest absolute Gasteiger partial charge is 0.195 e. The number of pyridine rings is 1. The number of aromatic nitrogens is 1. The van der Waals surface area contributed by atoms with Gasteiger partial charge in [0.1, 0.15) is 0 Å². The van der Waals surface area contributed by atoms with Gasteiger partial charge in [-0.3, -0.25) is 0 Å². The number of aliphatic hydroxyl groups is 1. The Hall–Kier alpha value is -1.17. The summed E-state index contributed by atoms with van der Waals surface area (Å²) in [6, 6.07) is 5.16. The Kier molecular flexibility index (Phi) is 3.57. The topological polar surface area (TPSA) is 70.3 Å². The summed E-state index contributed by atoms with van der Waals surface area (Å²) in [6.07, 6.45) is 2.39. The second kappa shape index (κ2) is 4.69. The third-order valence-electron chi connectivity index (χ3n) is 4.04. The first kappa shape index (κ1) is 15.2. The van der Waals surface area contributed by atoms with E-state index in [1.54, 1.807) is 18.2 Å². The molecular formula is C15H23N2O3. The van der Waals surface area contributed by atoms with Crippen LogP contribution in [0.15, 0.2) is 24.4 Å². The van der Waals surface area contributed by atoms with Gasteiger partial charge >= 0.3 is 0 Å². The first-order chi connectivity index (χ1) is 9.06. The molecule has 0 saturated carbocycles. The highest BCUT2D eigenvalue weighted by atomic mass is 16.5. The lowest BCUT2D eigenvalue weighted by molar-refractivity contribution is -0.615. The number of hydroxylamine groups is 2. The van der Waals surface area contributed by atoms with E-state index in [1.807, 2.05) is 27.7 Å². The molecule has 1 aromatic heterocycles. The summed E-state index contributed by atoms with van der Waals surface area (Å²) in [6.45, 7) is 7.34. The SMILES string of the molecule is CC1(C)CC(O)(Cc2cccc[n+]2[O-])CC(C)(C)N1[O]. The number of hydrogen-bond acceptors (Lipinski definition) is 3. The zero-order valence-corrected chi connectivity index (χ0v) is 12.6. The fourth-order valence-corrected chi connectivity index (χ4v) is 3.70. The molecule has 0 spiro atoms. The number of nitrogens with zero attached hydrogens (tertiary/aromatic N) is 2. The van der Waals surface area contributed by atoms with Crippen molar-refractivity contribution in [3.05, 3.63) is 35.3 Å². The fourth-order valence-electron chi connectivity index (χ4n) is 3.70. The Morgan fingerprint density at radius 3 is 2.30 bits per heavy atom. The maximum Gasteiger partial charge on any atom is 0.195 e. The van der Waals surface area contributed by atoms with Gasteiger partial charge in [0.25, 0.3) is 0 Å². The third-order valence-corrected chi connectivity index (χ3v) is 4.04. The van der Waals surface area contributed by atoms with Crippen molar-refractivity contribution < 1.29 is 15.0 Å². The molecular weight excluding hydrogens is 256 g/mol. The summed E-state index contributed by atoms with van der Waals surface area (Å²) >= 11 is 0. The standard InChI is InChI=1S/C15H23N2O3/c1-13(2)10-15(18,11-14(3,4)17(13)20)9-12-7-5-6-8-16(12)19/h5-8,18H,9-11H2,1-4H3. The summed E-state index contributed by atoms with van der Waals surface area (Å²) in [4.78, 5) is 0. The molecule has 1 N–H and O–H groups in total. The number of hydrogen-bond donors (Lipinski definition) is 1. The van der Waals surface area contributed by atoms with Crippen LogP contribution < -0.4 is 4.73 Å². The summed E-state index contributed by atoms with van der Waals surface area (Å²) in [7, 11) is 0. The Bertz CT molecular complexity index is 482. The third kappa shape index (κ3) is 2.80. The van der Waals surface area contributed by atoms with Crippen LogP contribution in [0.3, 0.4) is 0 Å². The molecule has 1 aliphatic heterocycles. The molecule has 1 radical (unpaired) electrons. The van der Waals surface area contributed by atoms with Crippen LogP contribution in [0.4, 0.5) is 0 Å². The maximum absolute atomic E-state index is 12.3. The minimum atomic E-state index is -1.04. The minimum absolute atomic E-state index is 0.262. The highest BCUT2D eigenvalue weighted by molar-refractivity contribution is 5.09. The molecule has 2 rings (SSSR count). The summed E-state index contributed by atoms with van der Waals surface area (Å²) in [5.74, 6) is 0. The van der Waals surface area contributed by atoms with E-state index in [2.05, 4.69) is 0 Å². The molecule has 5 heteroatoms. The molecule has 5 nitrogen and oxygen atoms in total. The van der Waals surface area contributed by atoms with Crippen LogP contribution in [-0.4, -0.2) is 26.8 Å². The lowest BCUT2D eigenvalue weighted by Crippen LogP contribution is -2.64. The Morgan fingerprint density at radius 1 is 1.25 bits per heavy atom. The van der Waals surface area contributed by atoms with Gasteiger partial charge in [-0.15, -0.1) is 10.3 Å². The predicted octanol–water partition coefficient (Wildman–Crippen LogP) is 1.59. The number of piperidine rings is 1. The summed E-state index contributed by atoms with van der Waals surface area (Å²) in [5, 5.41) is 36.1. The van der Waals surface area contributed by atoms with Crippen molar-refractivity contribution in [1.29, 1.82) is 0 Å². The summed E-state index contributed by atoms with van der Waals surface area (Å²) < 4.78 is 0.779. The van der Waals surface area contributed by atoms with Gasteiger partial charge in [0.15, 0.2) is 11.9 Å². The molecule has 0 aromatic carbocycles. The van der Waals surface area contributed by atoms with E-state index in [9.17, 15) is 15.5 Å². The molecule has 0 unspecified atom stereocenters. The molecule has 0 atom stereocenters. The van der Waals surface area contributed by atoms with Gasteiger partial charge in [-0.25, -0.2) is 0 Å². The van der Waals surface area contributed by atoms with Crippen LogP contribution in [0.5, 0.6) is 0 Å². The molecule has 20 heavy (non-hydrogen) atoms. The molecule has 0 bridgehead atoms. The number of rotatable bonds is 2.